The molecule has 0 radical (unpaired) electrons. The minimum atomic E-state index is -1.29. The van der Waals surface area contributed by atoms with Crippen LogP contribution in [0, 0.1) is 5.82 Å². The van der Waals surface area contributed by atoms with Gasteiger partial charge in [-0.25, -0.2) is 9.18 Å². The Kier molecular flexibility index (Phi) is 2.25. The first kappa shape index (κ1) is 9.45. The molecule has 0 saturated heterocycles. The Morgan fingerprint density at radius 3 is 2.67 bits per heavy atom. The summed E-state index contributed by atoms with van der Waals surface area (Å²) in [5.74, 6) is -1.75. The normalized spacial score (nSPS) is 10.2. The highest BCUT2D eigenvalue weighted by Gasteiger charge is 2.15. The number of benzene rings is 1. The lowest BCUT2D eigenvalue weighted by atomic mass is 10.1. The smallest absolute Gasteiger partial charge is 0.338 e. The molecule has 2 aromatic rings. The van der Waals surface area contributed by atoms with Crippen LogP contribution in [0.15, 0.2) is 41.0 Å². The third kappa shape index (κ3) is 1.61. The van der Waals surface area contributed by atoms with Crippen molar-refractivity contribution in [3.63, 3.8) is 0 Å². The van der Waals surface area contributed by atoms with Crippen LogP contribution in [-0.4, -0.2) is 11.1 Å². The van der Waals surface area contributed by atoms with E-state index in [2.05, 4.69) is 0 Å². The van der Waals surface area contributed by atoms with E-state index in [-0.39, 0.29) is 11.1 Å². The lowest BCUT2D eigenvalue weighted by Gasteiger charge is -2.02. The molecular weight excluding hydrogens is 199 g/mol. The molecule has 0 fully saturated rings. The molecule has 0 saturated carbocycles. The minimum absolute atomic E-state index is 0.153. The van der Waals surface area contributed by atoms with Crippen molar-refractivity contribution < 1.29 is 18.7 Å². The van der Waals surface area contributed by atoms with E-state index >= 15 is 0 Å². The van der Waals surface area contributed by atoms with Gasteiger partial charge in [-0.3, -0.25) is 0 Å². The maximum absolute atomic E-state index is 13.6. The Morgan fingerprint density at radius 1 is 1.27 bits per heavy atom. The molecule has 4 heteroatoms. The Morgan fingerprint density at radius 2 is 2.07 bits per heavy atom. The van der Waals surface area contributed by atoms with Gasteiger partial charge in [-0.2, -0.15) is 0 Å². The molecule has 1 aromatic carbocycles. The molecule has 1 aromatic heterocycles. The Balaban J connectivity index is 2.59. The molecule has 1 heterocycles. The molecule has 15 heavy (non-hydrogen) atoms. The van der Waals surface area contributed by atoms with Gasteiger partial charge in [-0.1, -0.05) is 6.07 Å². The van der Waals surface area contributed by atoms with Crippen molar-refractivity contribution in [3.8, 4) is 11.3 Å². The van der Waals surface area contributed by atoms with Crippen LogP contribution in [0.3, 0.4) is 0 Å². The van der Waals surface area contributed by atoms with Crippen molar-refractivity contribution in [1.29, 1.82) is 0 Å². The predicted octanol–water partition coefficient (Wildman–Crippen LogP) is 2.78. The first-order chi connectivity index (χ1) is 7.20. The zero-order chi connectivity index (χ0) is 10.8. The number of carboxylic acids is 1. The fourth-order valence-electron chi connectivity index (χ4n) is 1.32. The van der Waals surface area contributed by atoms with E-state index in [4.69, 9.17) is 9.52 Å². The van der Waals surface area contributed by atoms with Crippen LogP contribution in [0.1, 0.15) is 10.4 Å². The van der Waals surface area contributed by atoms with Crippen molar-refractivity contribution in [2.75, 3.05) is 0 Å². The van der Waals surface area contributed by atoms with Crippen molar-refractivity contribution in [2.24, 2.45) is 0 Å². The van der Waals surface area contributed by atoms with Crippen LogP contribution in [0.5, 0.6) is 0 Å². The van der Waals surface area contributed by atoms with E-state index in [1.54, 1.807) is 12.1 Å². The highest BCUT2D eigenvalue weighted by atomic mass is 19.1. The van der Waals surface area contributed by atoms with Crippen LogP contribution in [0.25, 0.3) is 11.3 Å². The van der Waals surface area contributed by atoms with Crippen molar-refractivity contribution in [2.45, 2.75) is 0 Å². The Bertz CT molecular complexity index is 489. The first-order valence-corrected chi connectivity index (χ1v) is 4.26. The van der Waals surface area contributed by atoms with Crippen molar-refractivity contribution >= 4 is 5.97 Å². The van der Waals surface area contributed by atoms with E-state index in [0.717, 1.165) is 0 Å². The maximum Gasteiger partial charge on any atom is 0.338 e. The average molecular weight is 206 g/mol. The number of rotatable bonds is 2. The Labute approximate surface area is 84.8 Å². The van der Waals surface area contributed by atoms with Gasteiger partial charge in [-0.05, 0) is 24.3 Å². The van der Waals surface area contributed by atoms with Gasteiger partial charge >= 0.3 is 5.97 Å². The zero-order valence-electron chi connectivity index (χ0n) is 7.61. The SMILES string of the molecule is O=C(O)c1cccc(-c2ccco2)c1F. The van der Waals surface area contributed by atoms with Gasteiger partial charge in [0.05, 0.1) is 17.4 Å². The quantitative estimate of drug-likeness (QED) is 0.821. The molecule has 0 atom stereocenters. The molecule has 0 spiro atoms. The van der Waals surface area contributed by atoms with Gasteiger partial charge < -0.3 is 9.52 Å². The van der Waals surface area contributed by atoms with Crippen LogP contribution in [0.2, 0.25) is 0 Å². The van der Waals surface area contributed by atoms with E-state index in [1.807, 2.05) is 0 Å². The summed E-state index contributed by atoms with van der Waals surface area (Å²) in [6, 6.07) is 7.35. The average Bonchev–Trinajstić information content (AvgIpc) is 2.70. The lowest BCUT2D eigenvalue weighted by Crippen LogP contribution is -2.01. The molecule has 2 rings (SSSR count). The van der Waals surface area contributed by atoms with Gasteiger partial charge in [-0.15, -0.1) is 0 Å². The molecule has 1 N–H and O–H groups in total. The van der Waals surface area contributed by atoms with Crippen molar-refractivity contribution in [1.82, 2.24) is 0 Å². The first-order valence-electron chi connectivity index (χ1n) is 4.26. The molecule has 76 valence electrons. The standard InChI is InChI=1S/C11H7FO3/c12-10-7(9-5-2-6-15-9)3-1-4-8(10)11(13)14/h1-6H,(H,13,14). The number of carbonyl (C=O) groups is 1. The number of halogens is 1. The summed E-state index contributed by atoms with van der Waals surface area (Å²) in [6.45, 7) is 0. The van der Waals surface area contributed by atoms with E-state index in [9.17, 15) is 9.18 Å². The number of furan rings is 1. The summed E-state index contributed by atoms with van der Waals surface area (Å²) in [4.78, 5) is 10.7. The number of hydrogen-bond donors (Lipinski definition) is 1. The van der Waals surface area contributed by atoms with E-state index in [1.165, 1.54) is 24.5 Å². The van der Waals surface area contributed by atoms with E-state index in [0.29, 0.717) is 5.76 Å². The topological polar surface area (TPSA) is 50.4 Å². The fraction of sp³-hybridized carbons (Fsp3) is 0. The molecular formula is C11H7FO3. The zero-order valence-corrected chi connectivity index (χ0v) is 7.61. The van der Waals surface area contributed by atoms with Gasteiger partial charge in [0.15, 0.2) is 0 Å². The summed E-state index contributed by atoms with van der Waals surface area (Å²) in [5.41, 5.74) is -0.205. The second-order valence-electron chi connectivity index (χ2n) is 2.95. The largest absolute Gasteiger partial charge is 0.478 e. The molecule has 0 aliphatic rings. The summed E-state index contributed by atoms with van der Waals surface area (Å²) >= 11 is 0. The second-order valence-corrected chi connectivity index (χ2v) is 2.95. The van der Waals surface area contributed by atoms with Gasteiger partial charge in [0.1, 0.15) is 11.6 Å². The molecule has 0 unspecified atom stereocenters. The van der Waals surface area contributed by atoms with Crippen LogP contribution < -0.4 is 0 Å². The Hall–Kier alpha value is -2.10. The predicted molar refractivity (Wildman–Crippen MR) is 51.1 cm³/mol. The van der Waals surface area contributed by atoms with Gasteiger partial charge in [0.2, 0.25) is 0 Å². The van der Waals surface area contributed by atoms with Crippen LogP contribution >= 0.6 is 0 Å². The molecule has 3 nitrogen and oxygen atoms in total. The summed E-state index contributed by atoms with van der Waals surface area (Å²) < 4.78 is 18.6. The summed E-state index contributed by atoms with van der Waals surface area (Å²) in [7, 11) is 0. The molecule has 0 aliphatic carbocycles. The molecule has 0 bridgehead atoms. The van der Waals surface area contributed by atoms with E-state index < -0.39 is 11.8 Å². The highest BCUT2D eigenvalue weighted by Crippen LogP contribution is 2.25. The van der Waals surface area contributed by atoms with Gasteiger partial charge in [0, 0.05) is 0 Å². The molecule has 0 amide bonds. The number of carboxylic acid groups (broad SMARTS) is 1. The molecule has 0 aliphatic heterocycles. The monoisotopic (exact) mass is 206 g/mol. The summed E-state index contributed by atoms with van der Waals surface area (Å²) in [5, 5.41) is 8.72. The summed E-state index contributed by atoms with van der Waals surface area (Å²) in [6.07, 6.45) is 1.40. The number of aromatic carboxylic acids is 1. The number of hydrogen-bond acceptors (Lipinski definition) is 2. The lowest BCUT2D eigenvalue weighted by molar-refractivity contribution is 0.0692. The van der Waals surface area contributed by atoms with Gasteiger partial charge in [0.25, 0.3) is 0 Å². The third-order valence-corrected chi connectivity index (χ3v) is 2.02. The van der Waals surface area contributed by atoms with Crippen molar-refractivity contribution in [3.05, 3.63) is 48.0 Å². The highest BCUT2D eigenvalue weighted by molar-refractivity contribution is 5.89. The third-order valence-electron chi connectivity index (χ3n) is 2.02. The maximum atomic E-state index is 13.6. The van der Waals surface area contributed by atoms with Crippen LogP contribution in [0.4, 0.5) is 4.39 Å². The fourth-order valence-corrected chi connectivity index (χ4v) is 1.32. The minimum Gasteiger partial charge on any atom is -0.478 e. The second kappa shape index (κ2) is 3.57. The van der Waals surface area contributed by atoms with Crippen LogP contribution in [-0.2, 0) is 0 Å².